The zero-order valence-electron chi connectivity index (χ0n) is 14.4. The van der Waals surface area contributed by atoms with E-state index in [2.05, 4.69) is 48.1 Å². The smallest absolute Gasteiger partial charge is 0.330 e. The molecule has 4 atom stereocenters. The standard InChI is InChI=1S/C18H30O3/c1-8-13(19)21-14-12-9-10-18(7,17(12,5)6)15(14)20-11-16(2,3)4/h8,12,14-15H,1,9-11H2,2-7H3. The zero-order valence-corrected chi connectivity index (χ0v) is 14.4. The van der Waals surface area contributed by atoms with Gasteiger partial charge in [0.15, 0.2) is 0 Å². The van der Waals surface area contributed by atoms with Gasteiger partial charge in [-0.1, -0.05) is 48.1 Å². The van der Waals surface area contributed by atoms with Gasteiger partial charge in [0.25, 0.3) is 0 Å². The van der Waals surface area contributed by atoms with Crippen molar-refractivity contribution in [3.8, 4) is 0 Å². The highest BCUT2D eigenvalue weighted by molar-refractivity contribution is 5.81. The normalized spacial score (nSPS) is 37.5. The minimum absolute atomic E-state index is 0.0191. The first-order valence-corrected chi connectivity index (χ1v) is 7.97. The molecule has 3 heteroatoms. The van der Waals surface area contributed by atoms with E-state index in [1.165, 1.54) is 6.08 Å². The summed E-state index contributed by atoms with van der Waals surface area (Å²) in [6.07, 6.45) is 3.33. The number of rotatable bonds is 4. The Morgan fingerprint density at radius 1 is 1.33 bits per heavy atom. The Morgan fingerprint density at radius 3 is 2.48 bits per heavy atom. The number of esters is 1. The maximum absolute atomic E-state index is 11.7. The molecular formula is C18H30O3. The molecule has 0 heterocycles. The minimum Gasteiger partial charge on any atom is -0.456 e. The SMILES string of the molecule is C=CC(=O)OC1C2CCC(C)(C1OCC(C)(C)C)C2(C)C. The quantitative estimate of drug-likeness (QED) is 0.581. The van der Waals surface area contributed by atoms with Crippen molar-refractivity contribution in [1.82, 2.24) is 0 Å². The van der Waals surface area contributed by atoms with Crippen molar-refractivity contribution < 1.29 is 14.3 Å². The van der Waals surface area contributed by atoms with Gasteiger partial charge in [0.1, 0.15) is 12.2 Å². The largest absolute Gasteiger partial charge is 0.456 e. The molecule has 2 fully saturated rings. The van der Waals surface area contributed by atoms with Crippen LogP contribution in [0.1, 0.15) is 54.4 Å². The molecule has 2 rings (SSSR count). The van der Waals surface area contributed by atoms with E-state index in [-0.39, 0.29) is 34.4 Å². The first-order chi connectivity index (χ1) is 9.53. The summed E-state index contributed by atoms with van der Waals surface area (Å²) in [7, 11) is 0. The second-order valence-corrected chi connectivity index (χ2v) is 8.68. The predicted molar refractivity (Wildman–Crippen MR) is 83.9 cm³/mol. The van der Waals surface area contributed by atoms with Gasteiger partial charge in [-0.15, -0.1) is 0 Å². The van der Waals surface area contributed by atoms with Crippen molar-refractivity contribution >= 4 is 5.97 Å². The van der Waals surface area contributed by atoms with Gasteiger partial charge >= 0.3 is 5.97 Å². The summed E-state index contributed by atoms with van der Waals surface area (Å²) >= 11 is 0. The van der Waals surface area contributed by atoms with Gasteiger partial charge in [0, 0.05) is 17.4 Å². The van der Waals surface area contributed by atoms with Crippen molar-refractivity contribution in [1.29, 1.82) is 0 Å². The monoisotopic (exact) mass is 294 g/mol. The van der Waals surface area contributed by atoms with Crippen LogP contribution in [-0.2, 0) is 14.3 Å². The summed E-state index contributed by atoms with van der Waals surface area (Å²) < 4.78 is 12.0. The fourth-order valence-electron chi connectivity index (χ4n) is 4.16. The van der Waals surface area contributed by atoms with Crippen molar-refractivity contribution in [2.24, 2.45) is 22.2 Å². The van der Waals surface area contributed by atoms with E-state index >= 15 is 0 Å². The molecule has 0 aromatic rings. The highest BCUT2D eigenvalue weighted by Gasteiger charge is 2.68. The highest BCUT2D eigenvalue weighted by atomic mass is 16.6. The molecular weight excluding hydrogens is 264 g/mol. The zero-order chi connectivity index (χ0) is 16.1. The molecule has 2 aliphatic carbocycles. The predicted octanol–water partition coefficient (Wildman–Crippen LogP) is 3.97. The Labute approximate surface area is 129 Å². The van der Waals surface area contributed by atoms with Gasteiger partial charge in [0.2, 0.25) is 0 Å². The maximum atomic E-state index is 11.7. The molecule has 0 saturated heterocycles. The van der Waals surface area contributed by atoms with E-state index in [1.807, 2.05) is 0 Å². The molecule has 0 radical (unpaired) electrons. The van der Waals surface area contributed by atoms with Crippen LogP contribution in [-0.4, -0.2) is 24.8 Å². The van der Waals surface area contributed by atoms with E-state index in [4.69, 9.17) is 9.47 Å². The topological polar surface area (TPSA) is 35.5 Å². The third-order valence-corrected chi connectivity index (χ3v) is 5.81. The average Bonchev–Trinajstić information content (AvgIpc) is 2.66. The van der Waals surface area contributed by atoms with Crippen LogP contribution in [0.4, 0.5) is 0 Å². The van der Waals surface area contributed by atoms with E-state index in [9.17, 15) is 4.79 Å². The fraction of sp³-hybridized carbons (Fsp3) is 0.833. The lowest BCUT2D eigenvalue weighted by Gasteiger charge is -2.40. The van der Waals surface area contributed by atoms with Crippen LogP contribution >= 0.6 is 0 Å². The summed E-state index contributed by atoms with van der Waals surface area (Å²) in [6.45, 7) is 17.6. The molecule has 0 aromatic carbocycles. The van der Waals surface area contributed by atoms with Crippen LogP contribution in [0.2, 0.25) is 0 Å². The number of ether oxygens (including phenoxy) is 2. The molecule has 21 heavy (non-hydrogen) atoms. The van der Waals surface area contributed by atoms with Crippen LogP contribution in [0, 0.1) is 22.2 Å². The van der Waals surface area contributed by atoms with Gasteiger partial charge < -0.3 is 9.47 Å². The molecule has 0 amide bonds. The fourth-order valence-corrected chi connectivity index (χ4v) is 4.16. The Bertz CT molecular complexity index is 432. The van der Waals surface area contributed by atoms with E-state index in [1.54, 1.807) is 0 Å². The van der Waals surface area contributed by atoms with Crippen LogP contribution in [0.5, 0.6) is 0 Å². The van der Waals surface area contributed by atoms with Crippen molar-refractivity contribution in [2.75, 3.05) is 6.61 Å². The lowest BCUT2D eigenvalue weighted by molar-refractivity contribution is -0.163. The Hall–Kier alpha value is -0.830. The first kappa shape index (κ1) is 16.5. The Morgan fingerprint density at radius 2 is 1.95 bits per heavy atom. The summed E-state index contributed by atoms with van der Waals surface area (Å²) in [5.74, 6) is 0.0349. The summed E-state index contributed by atoms with van der Waals surface area (Å²) in [5.41, 5.74) is 0.298. The summed E-state index contributed by atoms with van der Waals surface area (Å²) in [5, 5.41) is 0. The lowest BCUT2D eigenvalue weighted by Crippen LogP contribution is -2.44. The Balaban J connectivity index is 2.24. The molecule has 2 saturated carbocycles. The van der Waals surface area contributed by atoms with E-state index in [0.717, 1.165) is 12.8 Å². The highest BCUT2D eigenvalue weighted by Crippen LogP contribution is 2.67. The number of fused-ring (bicyclic) bond motifs is 2. The summed E-state index contributed by atoms with van der Waals surface area (Å²) in [4.78, 5) is 11.7. The molecule has 3 nitrogen and oxygen atoms in total. The molecule has 0 aliphatic heterocycles. The molecule has 2 bridgehead atoms. The van der Waals surface area contributed by atoms with Crippen molar-refractivity contribution in [2.45, 2.75) is 66.6 Å². The molecule has 0 N–H and O–H groups in total. The van der Waals surface area contributed by atoms with Crippen molar-refractivity contribution in [3.05, 3.63) is 12.7 Å². The van der Waals surface area contributed by atoms with Crippen LogP contribution in [0.15, 0.2) is 12.7 Å². The van der Waals surface area contributed by atoms with Crippen LogP contribution in [0.25, 0.3) is 0 Å². The molecule has 4 unspecified atom stereocenters. The number of carbonyl (C=O) groups excluding carboxylic acids is 1. The molecule has 120 valence electrons. The second kappa shape index (κ2) is 5.12. The number of carbonyl (C=O) groups is 1. The lowest BCUT2D eigenvalue weighted by atomic mass is 9.70. The van der Waals surface area contributed by atoms with Gasteiger partial charge in [-0.05, 0) is 23.7 Å². The number of hydrogen-bond acceptors (Lipinski definition) is 3. The van der Waals surface area contributed by atoms with E-state index < -0.39 is 0 Å². The second-order valence-electron chi connectivity index (χ2n) is 8.68. The third kappa shape index (κ3) is 2.65. The van der Waals surface area contributed by atoms with Crippen molar-refractivity contribution in [3.63, 3.8) is 0 Å². The molecule has 0 aromatic heterocycles. The van der Waals surface area contributed by atoms with Gasteiger partial charge in [-0.25, -0.2) is 4.79 Å². The van der Waals surface area contributed by atoms with Gasteiger partial charge in [-0.3, -0.25) is 0 Å². The van der Waals surface area contributed by atoms with E-state index in [0.29, 0.717) is 12.5 Å². The number of hydrogen-bond donors (Lipinski definition) is 0. The van der Waals surface area contributed by atoms with Gasteiger partial charge in [-0.2, -0.15) is 0 Å². The van der Waals surface area contributed by atoms with Crippen LogP contribution in [0.3, 0.4) is 0 Å². The maximum Gasteiger partial charge on any atom is 0.330 e. The minimum atomic E-state index is -0.337. The molecule has 0 spiro atoms. The summed E-state index contributed by atoms with van der Waals surface area (Å²) in [6, 6.07) is 0. The Kier molecular flexibility index (Phi) is 4.03. The average molecular weight is 294 g/mol. The van der Waals surface area contributed by atoms with Gasteiger partial charge in [0.05, 0.1) is 6.61 Å². The molecule has 2 aliphatic rings. The van der Waals surface area contributed by atoms with Crippen LogP contribution < -0.4 is 0 Å². The third-order valence-electron chi connectivity index (χ3n) is 5.81. The first-order valence-electron chi connectivity index (χ1n) is 7.97.